The van der Waals surface area contributed by atoms with Crippen molar-refractivity contribution in [2.24, 2.45) is 13.0 Å². The largest absolute Gasteiger partial charge is 0.338 e. The first kappa shape index (κ1) is 14.8. The topological polar surface area (TPSA) is 75.1 Å². The van der Waals surface area contributed by atoms with Gasteiger partial charge in [-0.05, 0) is 32.4 Å². The van der Waals surface area contributed by atoms with E-state index in [0.717, 1.165) is 38.4 Å². The van der Waals surface area contributed by atoms with Crippen LogP contribution in [0.1, 0.15) is 32.1 Å². The summed E-state index contributed by atoms with van der Waals surface area (Å²) in [5.74, 6) is 1.31. The lowest BCUT2D eigenvalue weighted by Crippen LogP contribution is -2.40. The molecule has 1 fully saturated rings. The lowest BCUT2D eigenvalue weighted by Gasteiger charge is -2.16. The smallest absolute Gasteiger partial charge is 0.315 e. The number of hydrogen-bond donors (Lipinski definition) is 2. The summed E-state index contributed by atoms with van der Waals surface area (Å²) in [4.78, 5) is 14.3. The summed E-state index contributed by atoms with van der Waals surface area (Å²) < 4.78 is 1.81. The molecular weight excluding hydrogens is 256 g/mol. The fraction of sp³-hybridized carbons (Fsp3) is 0.769. The summed E-state index contributed by atoms with van der Waals surface area (Å²) in [6, 6.07) is -0.298. The van der Waals surface area contributed by atoms with E-state index in [4.69, 9.17) is 0 Å². The zero-order valence-corrected chi connectivity index (χ0v) is 12.5. The lowest BCUT2D eigenvalue weighted by atomic mass is 10.1. The molecule has 0 bridgehead atoms. The second kappa shape index (κ2) is 6.69. The number of carbonyl (C=O) groups is 1. The second-order valence-corrected chi connectivity index (χ2v) is 5.42. The summed E-state index contributed by atoms with van der Waals surface area (Å²) in [6.45, 7) is 8.11. The van der Waals surface area contributed by atoms with Gasteiger partial charge in [0.05, 0.1) is 6.04 Å². The molecule has 1 aliphatic rings. The van der Waals surface area contributed by atoms with Crippen LogP contribution >= 0.6 is 0 Å². The minimum atomic E-state index is -0.154. The molecule has 7 heteroatoms. The van der Waals surface area contributed by atoms with Gasteiger partial charge in [0.2, 0.25) is 0 Å². The van der Waals surface area contributed by atoms with Crippen LogP contribution in [-0.2, 0) is 7.05 Å². The maximum Gasteiger partial charge on any atom is 0.315 e. The second-order valence-electron chi connectivity index (χ2n) is 5.42. The Morgan fingerprint density at radius 3 is 3.00 bits per heavy atom. The average Bonchev–Trinajstić information content (AvgIpc) is 3.04. The molecule has 2 N–H and O–H groups in total. The molecule has 1 aliphatic heterocycles. The van der Waals surface area contributed by atoms with Crippen molar-refractivity contribution in [2.45, 2.75) is 26.3 Å². The molecule has 0 aliphatic carbocycles. The number of rotatable bonds is 5. The van der Waals surface area contributed by atoms with Gasteiger partial charge in [0, 0.05) is 20.1 Å². The molecule has 0 unspecified atom stereocenters. The Morgan fingerprint density at radius 1 is 1.60 bits per heavy atom. The number of aromatic nitrogens is 3. The third kappa shape index (κ3) is 3.69. The Balaban J connectivity index is 1.72. The highest BCUT2D eigenvalue weighted by molar-refractivity contribution is 5.74. The zero-order valence-electron chi connectivity index (χ0n) is 12.5. The standard InChI is InChI=1S/C13H24N6O/c1-4-19-6-5-11(8-19)7-14-13(20)16-10(2)12-17-15-9-18(12)3/h9-11H,4-8H2,1-3H3,(H2,14,16,20)/t10-,11+/m0/s1. The monoisotopic (exact) mass is 280 g/mol. The van der Waals surface area contributed by atoms with E-state index in [1.165, 1.54) is 0 Å². The number of hydrogen-bond acceptors (Lipinski definition) is 4. The van der Waals surface area contributed by atoms with E-state index in [9.17, 15) is 4.79 Å². The van der Waals surface area contributed by atoms with E-state index >= 15 is 0 Å². The van der Waals surface area contributed by atoms with Gasteiger partial charge in [-0.25, -0.2) is 4.79 Å². The van der Waals surface area contributed by atoms with Crippen molar-refractivity contribution in [1.82, 2.24) is 30.3 Å². The fourth-order valence-electron chi connectivity index (χ4n) is 2.60. The van der Waals surface area contributed by atoms with Gasteiger partial charge in [0.1, 0.15) is 6.33 Å². The first-order valence-corrected chi connectivity index (χ1v) is 7.20. The van der Waals surface area contributed by atoms with Gasteiger partial charge >= 0.3 is 6.03 Å². The van der Waals surface area contributed by atoms with Crippen LogP contribution in [0.15, 0.2) is 6.33 Å². The third-order valence-electron chi connectivity index (χ3n) is 3.85. The first-order valence-electron chi connectivity index (χ1n) is 7.20. The van der Waals surface area contributed by atoms with Crippen molar-refractivity contribution in [3.05, 3.63) is 12.2 Å². The van der Waals surface area contributed by atoms with E-state index in [-0.39, 0.29) is 12.1 Å². The van der Waals surface area contributed by atoms with E-state index in [2.05, 4.69) is 32.7 Å². The molecule has 7 nitrogen and oxygen atoms in total. The molecule has 1 saturated heterocycles. The number of likely N-dealkylation sites (tertiary alicyclic amines) is 1. The number of amides is 2. The van der Waals surface area contributed by atoms with Crippen LogP contribution in [-0.4, -0.2) is 51.9 Å². The summed E-state index contributed by atoms with van der Waals surface area (Å²) >= 11 is 0. The van der Waals surface area contributed by atoms with Crippen LogP contribution in [0.5, 0.6) is 0 Å². The van der Waals surface area contributed by atoms with Crippen LogP contribution in [0.3, 0.4) is 0 Å². The van der Waals surface area contributed by atoms with E-state index in [1.54, 1.807) is 10.9 Å². The van der Waals surface area contributed by atoms with Gasteiger partial charge < -0.3 is 20.1 Å². The van der Waals surface area contributed by atoms with Gasteiger partial charge in [0.15, 0.2) is 5.82 Å². The third-order valence-corrected chi connectivity index (χ3v) is 3.85. The molecule has 1 aromatic rings. The molecular formula is C13H24N6O. The van der Waals surface area contributed by atoms with Gasteiger partial charge in [0.25, 0.3) is 0 Å². The van der Waals surface area contributed by atoms with Gasteiger partial charge in [-0.2, -0.15) is 0 Å². The minimum Gasteiger partial charge on any atom is -0.338 e. The summed E-state index contributed by atoms with van der Waals surface area (Å²) in [5, 5.41) is 13.6. The van der Waals surface area contributed by atoms with Crippen LogP contribution in [0.2, 0.25) is 0 Å². The van der Waals surface area contributed by atoms with Crippen LogP contribution < -0.4 is 10.6 Å². The van der Waals surface area contributed by atoms with Gasteiger partial charge in [-0.3, -0.25) is 0 Å². The van der Waals surface area contributed by atoms with E-state index in [1.807, 2.05) is 14.0 Å². The molecule has 0 radical (unpaired) electrons. The molecule has 2 rings (SSSR count). The Hall–Kier alpha value is -1.63. The molecule has 0 aromatic carbocycles. The highest BCUT2D eigenvalue weighted by Gasteiger charge is 2.22. The van der Waals surface area contributed by atoms with Crippen molar-refractivity contribution >= 4 is 6.03 Å². The summed E-state index contributed by atoms with van der Waals surface area (Å²) in [5.41, 5.74) is 0. The highest BCUT2D eigenvalue weighted by Crippen LogP contribution is 2.14. The number of urea groups is 1. The number of aryl methyl sites for hydroxylation is 1. The predicted octanol–water partition coefficient (Wildman–Crippen LogP) is 0.517. The number of nitrogens with zero attached hydrogens (tertiary/aromatic N) is 4. The Labute approximate surface area is 119 Å². The summed E-state index contributed by atoms with van der Waals surface area (Å²) in [6.07, 6.45) is 2.79. The molecule has 112 valence electrons. The lowest BCUT2D eigenvalue weighted by molar-refractivity contribution is 0.235. The van der Waals surface area contributed by atoms with Crippen molar-refractivity contribution in [3.63, 3.8) is 0 Å². The van der Waals surface area contributed by atoms with E-state index < -0.39 is 0 Å². The molecule has 20 heavy (non-hydrogen) atoms. The maximum absolute atomic E-state index is 11.9. The van der Waals surface area contributed by atoms with Crippen LogP contribution in [0.25, 0.3) is 0 Å². The SMILES string of the molecule is CCN1CC[C@H](CNC(=O)N[C@@H](C)c2nncn2C)C1. The maximum atomic E-state index is 11.9. The first-order chi connectivity index (χ1) is 9.60. The minimum absolute atomic E-state index is 0.143. The van der Waals surface area contributed by atoms with Gasteiger partial charge in [-0.1, -0.05) is 6.92 Å². The Bertz CT molecular complexity index is 446. The Kier molecular flexibility index (Phi) is 4.94. The van der Waals surface area contributed by atoms with Crippen molar-refractivity contribution < 1.29 is 4.79 Å². The van der Waals surface area contributed by atoms with Crippen molar-refractivity contribution in [2.75, 3.05) is 26.2 Å². The van der Waals surface area contributed by atoms with Crippen LogP contribution in [0.4, 0.5) is 4.79 Å². The highest BCUT2D eigenvalue weighted by atomic mass is 16.2. The van der Waals surface area contributed by atoms with E-state index in [0.29, 0.717) is 5.92 Å². The molecule has 1 aromatic heterocycles. The molecule has 0 saturated carbocycles. The average molecular weight is 280 g/mol. The zero-order chi connectivity index (χ0) is 14.5. The normalized spacial score (nSPS) is 20.9. The Morgan fingerprint density at radius 2 is 2.40 bits per heavy atom. The van der Waals surface area contributed by atoms with Gasteiger partial charge in [-0.15, -0.1) is 10.2 Å². The number of carbonyl (C=O) groups excluding carboxylic acids is 1. The van der Waals surface area contributed by atoms with Crippen LogP contribution in [0, 0.1) is 5.92 Å². The summed E-state index contributed by atoms with van der Waals surface area (Å²) in [7, 11) is 1.86. The molecule has 2 amide bonds. The number of nitrogens with one attached hydrogen (secondary N) is 2. The fourth-order valence-corrected chi connectivity index (χ4v) is 2.60. The predicted molar refractivity (Wildman–Crippen MR) is 76.2 cm³/mol. The van der Waals surface area contributed by atoms with Crippen molar-refractivity contribution in [1.29, 1.82) is 0 Å². The molecule has 0 spiro atoms. The molecule has 2 atom stereocenters. The van der Waals surface area contributed by atoms with Crippen molar-refractivity contribution in [3.8, 4) is 0 Å². The molecule has 2 heterocycles. The quantitative estimate of drug-likeness (QED) is 0.824.